The van der Waals surface area contributed by atoms with Gasteiger partial charge in [0.1, 0.15) is 5.76 Å². The molecule has 0 saturated carbocycles. The van der Waals surface area contributed by atoms with Gasteiger partial charge in [-0.15, -0.1) is 0 Å². The molecule has 0 radical (unpaired) electrons. The van der Waals surface area contributed by atoms with Crippen molar-refractivity contribution in [1.82, 2.24) is 9.88 Å². The average molecular weight is 399 g/mol. The van der Waals surface area contributed by atoms with E-state index in [-0.39, 0.29) is 17.7 Å². The first-order valence-electron chi connectivity index (χ1n) is 10.7. The van der Waals surface area contributed by atoms with E-state index in [2.05, 4.69) is 37.9 Å². The van der Waals surface area contributed by atoms with E-state index < -0.39 is 0 Å². The van der Waals surface area contributed by atoms with Gasteiger partial charge in [0.25, 0.3) is 0 Å². The van der Waals surface area contributed by atoms with Crippen molar-refractivity contribution in [2.24, 2.45) is 5.92 Å². The van der Waals surface area contributed by atoms with Crippen molar-refractivity contribution >= 4 is 5.91 Å². The Labute approximate surface area is 174 Å². The van der Waals surface area contributed by atoms with Crippen molar-refractivity contribution in [3.8, 4) is 11.5 Å². The van der Waals surface area contributed by atoms with Crippen LogP contribution in [0, 0.1) is 12.8 Å². The number of hydrogen-bond donors (Lipinski definition) is 0. The van der Waals surface area contributed by atoms with Crippen molar-refractivity contribution in [2.45, 2.75) is 59.3 Å². The highest BCUT2D eigenvalue weighted by molar-refractivity contribution is 5.78. The molecule has 29 heavy (non-hydrogen) atoms. The Morgan fingerprint density at radius 2 is 2.00 bits per heavy atom. The number of carbonyl (C=O) groups is 1. The standard InChI is InChI=1S/C24H34N2O3/c1-6-28-16-18-8-7-13-26(15-18)22(27)14-21-17(2)29-23(25-21)19-9-11-20(12-10-19)24(3,4)5/h9-12,18H,6-8,13-16H2,1-5H3. The third-order valence-corrected chi connectivity index (χ3v) is 5.64. The maximum absolute atomic E-state index is 12.8. The lowest BCUT2D eigenvalue weighted by atomic mass is 9.87. The van der Waals surface area contributed by atoms with Crippen LogP contribution in [0.2, 0.25) is 0 Å². The summed E-state index contributed by atoms with van der Waals surface area (Å²) in [5.41, 5.74) is 3.05. The Morgan fingerprint density at radius 3 is 2.66 bits per heavy atom. The van der Waals surface area contributed by atoms with Gasteiger partial charge in [-0.05, 0) is 55.7 Å². The Kier molecular flexibility index (Phi) is 6.78. The molecule has 1 atom stereocenters. The minimum absolute atomic E-state index is 0.108. The summed E-state index contributed by atoms with van der Waals surface area (Å²) in [5.74, 6) is 1.86. The number of amides is 1. The summed E-state index contributed by atoms with van der Waals surface area (Å²) in [6.45, 7) is 13.5. The zero-order chi connectivity index (χ0) is 21.0. The molecule has 0 N–H and O–H groups in total. The summed E-state index contributed by atoms with van der Waals surface area (Å²) in [4.78, 5) is 19.4. The zero-order valence-corrected chi connectivity index (χ0v) is 18.5. The van der Waals surface area contributed by atoms with Gasteiger partial charge < -0.3 is 14.1 Å². The molecule has 1 aromatic heterocycles. The predicted molar refractivity (Wildman–Crippen MR) is 115 cm³/mol. The SMILES string of the molecule is CCOCC1CCCN(C(=O)Cc2nc(-c3ccc(C(C)(C)C)cc3)oc2C)C1. The molecule has 5 heteroatoms. The van der Waals surface area contributed by atoms with Crippen molar-refractivity contribution in [3.05, 3.63) is 41.3 Å². The van der Waals surface area contributed by atoms with Gasteiger partial charge in [-0.3, -0.25) is 4.79 Å². The van der Waals surface area contributed by atoms with Gasteiger partial charge in [-0.2, -0.15) is 0 Å². The van der Waals surface area contributed by atoms with Gasteiger partial charge in [0.2, 0.25) is 11.8 Å². The minimum Gasteiger partial charge on any atom is -0.441 e. The van der Waals surface area contributed by atoms with Crippen LogP contribution in [0.25, 0.3) is 11.5 Å². The molecule has 1 saturated heterocycles. The number of benzene rings is 1. The Balaban J connectivity index is 1.66. The summed E-state index contributed by atoms with van der Waals surface area (Å²) in [6, 6.07) is 8.32. The van der Waals surface area contributed by atoms with E-state index in [1.54, 1.807) is 0 Å². The summed E-state index contributed by atoms with van der Waals surface area (Å²) >= 11 is 0. The minimum atomic E-state index is 0.108. The van der Waals surface area contributed by atoms with Gasteiger partial charge in [0, 0.05) is 25.3 Å². The van der Waals surface area contributed by atoms with Crippen LogP contribution >= 0.6 is 0 Å². The summed E-state index contributed by atoms with van der Waals surface area (Å²) in [6.07, 6.45) is 2.45. The second kappa shape index (κ2) is 9.12. The topological polar surface area (TPSA) is 55.6 Å². The van der Waals surface area contributed by atoms with Gasteiger partial charge >= 0.3 is 0 Å². The molecule has 1 aliphatic heterocycles. The first-order chi connectivity index (χ1) is 13.8. The normalized spacial score (nSPS) is 17.6. The fourth-order valence-electron chi connectivity index (χ4n) is 3.80. The lowest BCUT2D eigenvalue weighted by Gasteiger charge is -2.32. The summed E-state index contributed by atoms with van der Waals surface area (Å²) < 4.78 is 11.4. The number of likely N-dealkylation sites (tertiary alicyclic amines) is 1. The number of nitrogens with zero attached hydrogens (tertiary/aromatic N) is 2. The molecular formula is C24H34N2O3. The van der Waals surface area contributed by atoms with E-state index in [9.17, 15) is 4.79 Å². The van der Waals surface area contributed by atoms with Crippen molar-refractivity contribution in [3.63, 3.8) is 0 Å². The maximum Gasteiger partial charge on any atom is 0.228 e. The lowest BCUT2D eigenvalue weighted by Crippen LogP contribution is -2.42. The highest BCUT2D eigenvalue weighted by Crippen LogP contribution is 2.27. The molecule has 1 aliphatic rings. The first-order valence-corrected chi connectivity index (χ1v) is 10.7. The van der Waals surface area contributed by atoms with Crippen LogP contribution < -0.4 is 0 Å². The van der Waals surface area contributed by atoms with Gasteiger partial charge in [0.05, 0.1) is 18.7 Å². The van der Waals surface area contributed by atoms with E-state index in [1.165, 1.54) is 5.56 Å². The fraction of sp³-hybridized carbons (Fsp3) is 0.583. The Bertz CT molecular complexity index is 818. The van der Waals surface area contributed by atoms with Crippen LogP contribution in [0.5, 0.6) is 0 Å². The fourth-order valence-corrected chi connectivity index (χ4v) is 3.80. The van der Waals surface area contributed by atoms with E-state index in [0.29, 0.717) is 11.8 Å². The predicted octanol–water partition coefficient (Wildman–Crippen LogP) is 4.77. The van der Waals surface area contributed by atoms with Crippen LogP contribution in [0.3, 0.4) is 0 Å². The number of hydrogen-bond acceptors (Lipinski definition) is 4. The molecule has 2 aromatic rings. The number of oxazole rings is 1. The number of ether oxygens (including phenoxy) is 1. The van der Waals surface area contributed by atoms with E-state index in [1.807, 2.05) is 30.9 Å². The molecule has 1 amide bonds. The Morgan fingerprint density at radius 1 is 1.28 bits per heavy atom. The van der Waals surface area contributed by atoms with Gasteiger partial charge in [0.15, 0.2) is 0 Å². The van der Waals surface area contributed by atoms with Crippen LogP contribution in [-0.4, -0.2) is 42.1 Å². The average Bonchev–Trinajstić information content (AvgIpc) is 3.06. The largest absolute Gasteiger partial charge is 0.441 e. The number of aryl methyl sites for hydroxylation is 1. The third kappa shape index (κ3) is 5.47. The van der Waals surface area contributed by atoms with Gasteiger partial charge in [-0.25, -0.2) is 4.98 Å². The number of piperidine rings is 1. The number of carbonyl (C=O) groups excluding carboxylic acids is 1. The number of rotatable bonds is 6. The molecular weight excluding hydrogens is 364 g/mol. The molecule has 0 bridgehead atoms. The smallest absolute Gasteiger partial charge is 0.228 e. The molecule has 0 aliphatic carbocycles. The van der Waals surface area contributed by atoms with Gasteiger partial charge in [-0.1, -0.05) is 32.9 Å². The molecule has 3 rings (SSSR count). The second-order valence-corrected chi connectivity index (χ2v) is 9.03. The van der Waals surface area contributed by atoms with Crippen molar-refractivity contribution in [2.75, 3.05) is 26.3 Å². The highest BCUT2D eigenvalue weighted by Gasteiger charge is 2.25. The molecule has 158 valence electrons. The van der Waals surface area contributed by atoms with Crippen LogP contribution in [0.4, 0.5) is 0 Å². The van der Waals surface area contributed by atoms with Crippen molar-refractivity contribution in [1.29, 1.82) is 0 Å². The summed E-state index contributed by atoms with van der Waals surface area (Å²) in [7, 11) is 0. The molecule has 1 aromatic carbocycles. The second-order valence-electron chi connectivity index (χ2n) is 9.03. The monoisotopic (exact) mass is 398 g/mol. The molecule has 5 nitrogen and oxygen atoms in total. The zero-order valence-electron chi connectivity index (χ0n) is 18.5. The number of aromatic nitrogens is 1. The highest BCUT2D eigenvalue weighted by atomic mass is 16.5. The van der Waals surface area contributed by atoms with Crippen LogP contribution in [0.1, 0.15) is 57.6 Å². The van der Waals surface area contributed by atoms with E-state index in [0.717, 1.165) is 56.2 Å². The van der Waals surface area contributed by atoms with E-state index in [4.69, 9.17) is 9.15 Å². The van der Waals surface area contributed by atoms with Crippen LogP contribution in [-0.2, 0) is 21.4 Å². The first kappa shape index (κ1) is 21.6. The summed E-state index contributed by atoms with van der Waals surface area (Å²) in [5, 5.41) is 0. The van der Waals surface area contributed by atoms with Crippen molar-refractivity contribution < 1.29 is 13.9 Å². The quantitative estimate of drug-likeness (QED) is 0.704. The molecule has 0 spiro atoms. The molecule has 1 unspecified atom stereocenters. The van der Waals surface area contributed by atoms with Crippen LogP contribution in [0.15, 0.2) is 28.7 Å². The third-order valence-electron chi connectivity index (χ3n) is 5.64. The maximum atomic E-state index is 12.8. The molecule has 2 heterocycles. The molecule has 1 fully saturated rings. The Hall–Kier alpha value is -2.14. The lowest BCUT2D eigenvalue weighted by molar-refractivity contribution is -0.132. The van der Waals surface area contributed by atoms with E-state index >= 15 is 0 Å².